The van der Waals surface area contributed by atoms with Crippen LogP contribution >= 0.6 is 11.6 Å². The van der Waals surface area contributed by atoms with Crippen molar-refractivity contribution in [3.05, 3.63) is 22.8 Å². The molecule has 1 aromatic heterocycles. The SMILES string of the molecule is CC(C)CCNc1ccc(Cl)c(C(=O)O)n1. The van der Waals surface area contributed by atoms with E-state index in [0.29, 0.717) is 11.7 Å². The molecule has 0 amide bonds. The fourth-order valence-electron chi connectivity index (χ4n) is 1.18. The maximum Gasteiger partial charge on any atom is 0.356 e. The number of aromatic nitrogens is 1. The van der Waals surface area contributed by atoms with Gasteiger partial charge in [-0.15, -0.1) is 0 Å². The molecule has 88 valence electrons. The molecule has 16 heavy (non-hydrogen) atoms. The lowest BCUT2D eigenvalue weighted by atomic mass is 10.1. The highest BCUT2D eigenvalue weighted by Crippen LogP contribution is 2.16. The lowest BCUT2D eigenvalue weighted by Gasteiger charge is -2.08. The smallest absolute Gasteiger partial charge is 0.356 e. The van der Waals surface area contributed by atoms with Crippen molar-refractivity contribution in [1.82, 2.24) is 4.98 Å². The van der Waals surface area contributed by atoms with E-state index in [-0.39, 0.29) is 10.7 Å². The summed E-state index contributed by atoms with van der Waals surface area (Å²) in [4.78, 5) is 14.7. The molecular weight excluding hydrogens is 228 g/mol. The first-order valence-corrected chi connectivity index (χ1v) is 5.52. The molecule has 1 rings (SSSR count). The van der Waals surface area contributed by atoms with Gasteiger partial charge in [-0.25, -0.2) is 9.78 Å². The Labute approximate surface area is 99.6 Å². The molecule has 2 N–H and O–H groups in total. The summed E-state index contributed by atoms with van der Waals surface area (Å²) in [5.41, 5.74) is -0.115. The van der Waals surface area contributed by atoms with Crippen molar-refractivity contribution >= 4 is 23.4 Å². The van der Waals surface area contributed by atoms with Crippen LogP contribution in [0.1, 0.15) is 30.8 Å². The van der Waals surface area contributed by atoms with Crippen LogP contribution in [0.15, 0.2) is 12.1 Å². The number of nitrogens with zero attached hydrogens (tertiary/aromatic N) is 1. The third kappa shape index (κ3) is 3.70. The van der Waals surface area contributed by atoms with Crippen LogP contribution < -0.4 is 5.32 Å². The number of hydrogen-bond acceptors (Lipinski definition) is 3. The highest BCUT2D eigenvalue weighted by molar-refractivity contribution is 6.33. The van der Waals surface area contributed by atoms with E-state index in [0.717, 1.165) is 13.0 Å². The van der Waals surface area contributed by atoms with Crippen molar-refractivity contribution in [2.45, 2.75) is 20.3 Å². The zero-order valence-corrected chi connectivity index (χ0v) is 10.1. The van der Waals surface area contributed by atoms with E-state index < -0.39 is 5.97 Å². The molecular formula is C11H15ClN2O2. The van der Waals surface area contributed by atoms with Crippen LogP contribution in [-0.2, 0) is 0 Å². The maximum absolute atomic E-state index is 10.8. The van der Waals surface area contributed by atoms with Crippen molar-refractivity contribution in [2.75, 3.05) is 11.9 Å². The van der Waals surface area contributed by atoms with E-state index >= 15 is 0 Å². The van der Waals surface area contributed by atoms with Gasteiger partial charge in [0.25, 0.3) is 0 Å². The summed E-state index contributed by atoms with van der Waals surface area (Å²) in [6.45, 7) is 5.02. The average molecular weight is 243 g/mol. The Morgan fingerprint density at radius 3 is 2.81 bits per heavy atom. The van der Waals surface area contributed by atoms with E-state index in [9.17, 15) is 4.79 Å². The molecule has 0 aliphatic heterocycles. The van der Waals surface area contributed by atoms with Crippen molar-refractivity contribution < 1.29 is 9.90 Å². The van der Waals surface area contributed by atoms with Crippen LogP contribution in [0, 0.1) is 5.92 Å². The number of carboxylic acid groups (broad SMARTS) is 1. The third-order valence-corrected chi connectivity index (χ3v) is 2.38. The Kier molecular flexibility index (Phi) is 4.55. The maximum atomic E-state index is 10.8. The number of hydrogen-bond donors (Lipinski definition) is 2. The van der Waals surface area contributed by atoms with E-state index in [2.05, 4.69) is 24.1 Å². The van der Waals surface area contributed by atoms with Crippen LogP contribution in [-0.4, -0.2) is 22.6 Å². The first-order valence-electron chi connectivity index (χ1n) is 5.14. The molecule has 0 unspecified atom stereocenters. The highest BCUT2D eigenvalue weighted by atomic mass is 35.5. The van der Waals surface area contributed by atoms with Gasteiger partial charge in [0.15, 0.2) is 5.69 Å². The van der Waals surface area contributed by atoms with Gasteiger partial charge in [-0.3, -0.25) is 0 Å². The zero-order valence-electron chi connectivity index (χ0n) is 9.33. The number of anilines is 1. The first-order chi connectivity index (χ1) is 7.50. The van der Waals surface area contributed by atoms with Crippen molar-refractivity contribution in [2.24, 2.45) is 5.92 Å². The predicted molar refractivity (Wildman–Crippen MR) is 64.2 cm³/mol. The van der Waals surface area contributed by atoms with E-state index in [1.54, 1.807) is 6.07 Å². The number of aromatic carboxylic acids is 1. The highest BCUT2D eigenvalue weighted by Gasteiger charge is 2.11. The topological polar surface area (TPSA) is 62.2 Å². The van der Waals surface area contributed by atoms with Gasteiger partial charge in [0, 0.05) is 6.54 Å². The molecule has 0 saturated carbocycles. The van der Waals surface area contributed by atoms with E-state index in [1.807, 2.05) is 0 Å². The summed E-state index contributed by atoms with van der Waals surface area (Å²) < 4.78 is 0. The lowest BCUT2D eigenvalue weighted by Crippen LogP contribution is -2.09. The number of rotatable bonds is 5. The van der Waals surface area contributed by atoms with Crippen LogP contribution in [0.4, 0.5) is 5.82 Å². The van der Waals surface area contributed by atoms with Gasteiger partial charge in [0.2, 0.25) is 0 Å². The molecule has 0 bridgehead atoms. The van der Waals surface area contributed by atoms with Crippen molar-refractivity contribution in [1.29, 1.82) is 0 Å². The second kappa shape index (κ2) is 5.70. The van der Waals surface area contributed by atoms with Crippen LogP contribution in [0.2, 0.25) is 5.02 Å². The normalized spacial score (nSPS) is 10.5. The van der Waals surface area contributed by atoms with E-state index in [4.69, 9.17) is 16.7 Å². The molecule has 1 heterocycles. The van der Waals surface area contributed by atoms with Crippen molar-refractivity contribution in [3.63, 3.8) is 0 Å². The van der Waals surface area contributed by atoms with Gasteiger partial charge >= 0.3 is 5.97 Å². The molecule has 0 atom stereocenters. The fraction of sp³-hybridized carbons (Fsp3) is 0.455. The Morgan fingerprint density at radius 1 is 1.56 bits per heavy atom. The molecule has 0 radical (unpaired) electrons. The van der Waals surface area contributed by atoms with Gasteiger partial charge in [-0.2, -0.15) is 0 Å². The third-order valence-electron chi connectivity index (χ3n) is 2.08. The lowest BCUT2D eigenvalue weighted by molar-refractivity contribution is 0.0691. The van der Waals surface area contributed by atoms with Gasteiger partial charge in [-0.05, 0) is 24.5 Å². The predicted octanol–water partition coefficient (Wildman–Crippen LogP) is 2.89. The monoisotopic (exact) mass is 242 g/mol. The summed E-state index contributed by atoms with van der Waals surface area (Å²) in [6.07, 6.45) is 1.01. The number of halogens is 1. The largest absolute Gasteiger partial charge is 0.476 e. The first kappa shape index (κ1) is 12.8. The Hall–Kier alpha value is -1.29. The fourth-order valence-corrected chi connectivity index (χ4v) is 1.37. The van der Waals surface area contributed by atoms with Crippen LogP contribution in [0.3, 0.4) is 0 Å². The average Bonchev–Trinajstić information content (AvgIpc) is 2.19. The number of carbonyl (C=O) groups is 1. The van der Waals surface area contributed by atoms with Gasteiger partial charge in [-0.1, -0.05) is 25.4 Å². The molecule has 5 heteroatoms. The summed E-state index contributed by atoms with van der Waals surface area (Å²) in [5.74, 6) is 0.0266. The summed E-state index contributed by atoms with van der Waals surface area (Å²) in [7, 11) is 0. The number of nitrogens with one attached hydrogen (secondary N) is 1. The van der Waals surface area contributed by atoms with Crippen molar-refractivity contribution in [3.8, 4) is 0 Å². The van der Waals surface area contributed by atoms with Gasteiger partial charge in [0.05, 0.1) is 5.02 Å². The molecule has 1 aromatic rings. The molecule has 0 aliphatic carbocycles. The number of pyridine rings is 1. The minimum atomic E-state index is -1.11. The van der Waals surface area contributed by atoms with Gasteiger partial charge in [0.1, 0.15) is 5.82 Å². The molecule has 0 aromatic carbocycles. The second-order valence-electron chi connectivity index (χ2n) is 3.94. The molecule has 0 saturated heterocycles. The summed E-state index contributed by atoms with van der Waals surface area (Å²) >= 11 is 5.70. The summed E-state index contributed by atoms with van der Waals surface area (Å²) in [5, 5.41) is 12.0. The minimum Gasteiger partial charge on any atom is -0.476 e. The minimum absolute atomic E-state index is 0.115. The zero-order chi connectivity index (χ0) is 12.1. The quantitative estimate of drug-likeness (QED) is 0.834. The van der Waals surface area contributed by atoms with Gasteiger partial charge < -0.3 is 10.4 Å². The molecule has 0 spiro atoms. The van der Waals surface area contributed by atoms with Crippen LogP contribution in [0.5, 0.6) is 0 Å². The number of carboxylic acids is 1. The Bertz CT molecular complexity index is 380. The Morgan fingerprint density at radius 2 is 2.25 bits per heavy atom. The Balaban J connectivity index is 2.68. The van der Waals surface area contributed by atoms with Crippen LogP contribution in [0.25, 0.3) is 0 Å². The molecule has 0 fully saturated rings. The standard InChI is InChI=1S/C11H15ClN2O2/c1-7(2)5-6-13-9-4-3-8(12)10(14-9)11(15)16/h3-4,7H,5-6H2,1-2H3,(H,13,14)(H,15,16). The second-order valence-corrected chi connectivity index (χ2v) is 4.35. The molecule has 0 aliphatic rings. The van der Waals surface area contributed by atoms with E-state index in [1.165, 1.54) is 6.07 Å². The summed E-state index contributed by atoms with van der Waals surface area (Å²) in [6, 6.07) is 3.21. The molecule has 4 nitrogen and oxygen atoms in total.